The van der Waals surface area contributed by atoms with Crippen LogP contribution in [0.4, 0.5) is 0 Å². The Bertz CT molecular complexity index is 658. The maximum atomic E-state index is 6.13. The fraction of sp³-hybridized carbons (Fsp3) is 0.864. The molecule has 0 aromatic carbocycles. The number of ether oxygens (including phenoxy) is 1. The first-order chi connectivity index (χ1) is 14.7. The molecule has 31 heavy (non-hydrogen) atoms. The van der Waals surface area contributed by atoms with Crippen LogP contribution in [0, 0.1) is 6.92 Å². The number of nitrogens with one attached hydrogen (secondary N) is 2. The van der Waals surface area contributed by atoms with Crippen LogP contribution in [-0.4, -0.2) is 70.6 Å². The molecule has 1 saturated heterocycles. The number of likely N-dealkylation sites (N-methyl/N-ethyl adjacent to an activating group) is 1. The van der Waals surface area contributed by atoms with Crippen LogP contribution in [0.3, 0.4) is 0 Å². The van der Waals surface area contributed by atoms with Gasteiger partial charge in [-0.3, -0.25) is 4.90 Å². The van der Waals surface area contributed by atoms with E-state index >= 15 is 0 Å². The van der Waals surface area contributed by atoms with Crippen LogP contribution in [0.1, 0.15) is 69.9 Å². The molecule has 0 bridgehead atoms. The quantitative estimate of drug-likeness (QED) is 0.163. The van der Waals surface area contributed by atoms with Crippen LogP contribution < -0.4 is 10.6 Å². The number of aryl methyl sites for hydroxylation is 1. The zero-order chi connectivity index (χ0) is 21.2. The second-order valence-electron chi connectivity index (χ2n) is 8.60. The highest BCUT2D eigenvalue weighted by molar-refractivity contribution is 14.0. The van der Waals surface area contributed by atoms with E-state index in [2.05, 4.69) is 32.7 Å². The molecule has 2 N–H and O–H groups in total. The van der Waals surface area contributed by atoms with E-state index in [9.17, 15) is 0 Å². The molecule has 1 aromatic rings. The van der Waals surface area contributed by atoms with E-state index in [1.807, 2.05) is 18.5 Å². The predicted octanol–water partition coefficient (Wildman–Crippen LogP) is 3.00. The maximum Gasteiger partial charge on any atom is 0.191 e. The lowest BCUT2D eigenvalue weighted by molar-refractivity contribution is 0.0468. The van der Waals surface area contributed by atoms with Gasteiger partial charge in [0.2, 0.25) is 0 Å². The molecule has 1 aliphatic heterocycles. The van der Waals surface area contributed by atoms with Crippen LogP contribution in [0.5, 0.6) is 0 Å². The molecule has 178 valence electrons. The van der Waals surface area contributed by atoms with Crippen LogP contribution in [0.25, 0.3) is 0 Å². The summed E-state index contributed by atoms with van der Waals surface area (Å²) >= 11 is 0. The monoisotopic (exact) mass is 547 g/mol. The Morgan fingerprint density at radius 1 is 1.10 bits per heavy atom. The lowest BCUT2D eigenvalue weighted by Gasteiger charge is -2.24. The van der Waals surface area contributed by atoms with Crippen LogP contribution in [0.2, 0.25) is 0 Å². The van der Waals surface area contributed by atoms with Crippen LogP contribution >= 0.6 is 24.0 Å². The van der Waals surface area contributed by atoms with E-state index in [-0.39, 0.29) is 24.0 Å². The van der Waals surface area contributed by atoms with E-state index in [0.717, 1.165) is 43.8 Å². The Morgan fingerprint density at radius 2 is 1.87 bits per heavy atom. The van der Waals surface area contributed by atoms with Crippen molar-refractivity contribution < 1.29 is 4.74 Å². The lowest BCUT2D eigenvalue weighted by Crippen LogP contribution is -2.45. The minimum atomic E-state index is 0. The van der Waals surface area contributed by atoms with Gasteiger partial charge in [0.25, 0.3) is 0 Å². The van der Waals surface area contributed by atoms with E-state index in [1.165, 1.54) is 57.9 Å². The van der Waals surface area contributed by atoms with Gasteiger partial charge in [-0.15, -0.1) is 34.2 Å². The van der Waals surface area contributed by atoms with E-state index < -0.39 is 0 Å². The number of guanidine groups is 1. The summed E-state index contributed by atoms with van der Waals surface area (Å²) in [7, 11) is 1.99. The van der Waals surface area contributed by atoms with Gasteiger partial charge in [0, 0.05) is 26.2 Å². The molecule has 3 rings (SSSR count). The van der Waals surface area contributed by atoms with Gasteiger partial charge in [-0.2, -0.15) is 0 Å². The summed E-state index contributed by atoms with van der Waals surface area (Å²) in [5.74, 6) is 2.62. The number of rotatable bonds is 9. The largest absolute Gasteiger partial charge is 0.376 e. The summed E-state index contributed by atoms with van der Waals surface area (Å²) < 4.78 is 8.12. The molecule has 9 heteroatoms. The van der Waals surface area contributed by atoms with E-state index in [1.54, 1.807) is 0 Å². The molecule has 8 nitrogen and oxygen atoms in total. The Kier molecular flexibility index (Phi) is 12.1. The molecule has 0 radical (unpaired) electrons. The third kappa shape index (κ3) is 8.49. The van der Waals surface area contributed by atoms with Crippen LogP contribution in [-0.2, 0) is 18.3 Å². The minimum absolute atomic E-state index is 0. The summed E-state index contributed by atoms with van der Waals surface area (Å²) in [5.41, 5.74) is 0. The molecular formula is C22H42IN7O. The number of aliphatic imine (C=N–C) groups is 1. The number of nitrogens with zero attached hydrogens (tertiary/aromatic N) is 5. The predicted molar refractivity (Wildman–Crippen MR) is 136 cm³/mol. The normalized spacial score (nSPS) is 21.0. The van der Waals surface area contributed by atoms with Gasteiger partial charge in [-0.05, 0) is 45.7 Å². The van der Waals surface area contributed by atoms with Crippen molar-refractivity contribution in [2.24, 2.45) is 12.0 Å². The standard InChI is InChI=1S/C22H41N7O.HI/c1-4-29-14-9-10-19(29)16-24-22(25-17-21-27-26-18(2)28(21)3)23-13-15-30-20-11-7-5-6-8-12-20;/h19-20H,4-17H2,1-3H3,(H2,23,24,25);1H. The SMILES string of the molecule is CCN1CCCC1CNC(=NCc1nnc(C)n1C)NCCOC1CCCCCC1.I. The van der Waals surface area contributed by atoms with Crippen molar-refractivity contribution in [2.75, 3.05) is 32.8 Å². The van der Waals surface area contributed by atoms with Crippen LogP contribution in [0.15, 0.2) is 4.99 Å². The second-order valence-corrected chi connectivity index (χ2v) is 8.60. The van der Waals surface area contributed by atoms with Gasteiger partial charge in [0.15, 0.2) is 11.8 Å². The fourth-order valence-electron chi connectivity index (χ4n) is 4.47. The Hall–Kier alpha value is -0.940. The number of hydrogen-bond donors (Lipinski definition) is 2. The Labute approximate surface area is 205 Å². The third-order valence-corrected chi connectivity index (χ3v) is 6.52. The highest BCUT2D eigenvalue weighted by atomic mass is 127. The highest BCUT2D eigenvalue weighted by Gasteiger charge is 2.22. The average Bonchev–Trinajstić information content (AvgIpc) is 3.24. The average molecular weight is 548 g/mol. The fourth-order valence-corrected chi connectivity index (χ4v) is 4.47. The van der Waals surface area contributed by atoms with Crippen molar-refractivity contribution in [1.82, 2.24) is 30.3 Å². The van der Waals surface area contributed by atoms with Gasteiger partial charge < -0.3 is 19.9 Å². The zero-order valence-corrected chi connectivity index (χ0v) is 21.9. The Morgan fingerprint density at radius 3 is 2.55 bits per heavy atom. The van der Waals surface area contributed by atoms with Crippen molar-refractivity contribution in [1.29, 1.82) is 0 Å². The molecule has 1 unspecified atom stereocenters. The van der Waals surface area contributed by atoms with Crippen molar-refractivity contribution in [3.05, 3.63) is 11.6 Å². The van der Waals surface area contributed by atoms with Crippen molar-refractivity contribution in [3.63, 3.8) is 0 Å². The summed E-state index contributed by atoms with van der Waals surface area (Å²) in [6, 6.07) is 0.585. The second kappa shape index (κ2) is 14.3. The third-order valence-electron chi connectivity index (χ3n) is 6.52. The van der Waals surface area contributed by atoms with Gasteiger partial charge in [-0.25, -0.2) is 4.99 Å². The van der Waals surface area contributed by atoms with Gasteiger partial charge >= 0.3 is 0 Å². The molecule has 0 amide bonds. The molecule has 2 aliphatic rings. The molecule has 2 fully saturated rings. The molecule has 0 spiro atoms. The molecule has 1 aromatic heterocycles. The van der Waals surface area contributed by atoms with Crippen molar-refractivity contribution >= 4 is 29.9 Å². The first kappa shape index (κ1) is 26.3. The summed E-state index contributed by atoms with van der Waals surface area (Å²) in [5, 5.41) is 15.4. The number of hydrogen-bond acceptors (Lipinski definition) is 5. The first-order valence-electron chi connectivity index (χ1n) is 11.9. The Balaban J connectivity index is 0.00000341. The van der Waals surface area contributed by atoms with Gasteiger partial charge in [-0.1, -0.05) is 32.6 Å². The minimum Gasteiger partial charge on any atom is -0.376 e. The maximum absolute atomic E-state index is 6.13. The summed E-state index contributed by atoms with van der Waals surface area (Å²) in [6.07, 6.45) is 10.7. The highest BCUT2D eigenvalue weighted by Crippen LogP contribution is 2.19. The number of likely N-dealkylation sites (tertiary alicyclic amines) is 1. The number of aromatic nitrogens is 3. The molecule has 1 saturated carbocycles. The zero-order valence-electron chi connectivity index (χ0n) is 19.6. The van der Waals surface area contributed by atoms with E-state index in [0.29, 0.717) is 18.7 Å². The number of halogens is 1. The summed E-state index contributed by atoms with van der Waals surface area (Å²) in [6.45, 7) is 9.44. The lowest BCUT2D eigenvalue weighted by atomic mass is 10.1. The smallest absolute Gasteiger partial charge is 0.191 e. The topological polar surface area (TPSA) is 79.6 Å². The molecule has 2 heterocycles. The van der Waals surface area contributed by atoms with E-state index in [4.69, 9.17) is 9.73 Å². The van der Waals surface area contributed by atoms with Crippen molar-refractivity contribution in [3.8, 4) is 0 Å². The molecule has 1 aliphatic carbocycles. The van der Waals surface area contributed by atoms with Gasteiger partial charge in [0.05, 0.1) is 12.7 Å². The molecular weight excluding hydrogens is 505 g/mol. The molecule has 1 atom stereocenters. The van der Waals surface area contributed by atoms with Gasteiger partial charge in [0.1, 0.15) is 12.4 Å². The van der Waals surface area contributed by atoms with Crippen molar-refractivity contribution in [2.45, 2.75) is 83.9 Å². The first-order valence-corrected chi connectivity index (χ1v) is 11.9. The summed E-state index contributed by atoms with van der Waals surface area (Å²) in [4.78, 5) is 7.32.